The molecule has 1 aromatic rings. The Balaban J connectivity index is 2.46. The highest BCUT2D eigenvalue weighted by Gasteiger charge is 2.09. The number of nitrogens with zero attached hydrogens (tertiary/aromatic N) is 1. The number of aliphatic hydroxyl groups is 1. The van der Waals surface area contributed by atoms with Gasteiger partial charge in [0.2, 0.25) is 0 Å². The van der Waals surface area contributed by atoms with Gasteiger partial charge >= 0.3 is 0 Å². The molecule has 0 radical (unpaired) electrons. The van der Waals surface area contributed by atoms with Gasteiger partial charge < -0.3 is 14.7 Å². The molecule has 96 valence electrons. The summed E-state index contributed by atoms with van der Waals surface area (Å²) in [6.07, 6.45) is 0.392. The molecular weight excluding hydrogens is 214 g/mol. The molecule has 0 saturated heterocycles. The predicted molar refractivity (Wildman–Crippen MR) is 70.5 cm³/mol. The second-order valence-electron chi connectivity index (χ2n) is 4.19. The first-order valence-electron chi connectivity index (χ1n) is 6.22. The predicted octanol–water partition coefficient (Wildman–Crippen LogP) is 1.94. The van der Waals surface area contributed by atoms with E-state index < -0.39 is 0 Å². The average molecular weight is 237 g/mol. The first-order valence-corrected chi connectivity index (χ1v) is 6.22. The van der Waals surface area contributed by atoms with Crippen molar-refractivity contribution in [3.05, 3.63) is 29.8 Å². The van der Waals surface area contributed by atoms with Gasteiger partial charge in [-0.1, -0.05) is 26.0 Å². The quantitative estimate of drug-likeness (QED) is 0.786. The number of rotatable bonds is 7. The molecule has 0 amide bonds. The second-order valence-corrected chi connectivity index (χ2v) is 4.19. The van der Waals surface area contributed by atoms with Crippen molar-refractivity contribution < 1.29 is 9.84 Å². The van der Waals surface area contributed by atoms with E-state index >= 15 is 0 Å². The van der Waals surface area contributed by atoms with Gasteiger partial charge in [0.05, 0.1) is 13.2 Å². The summed E-state index contributed by atoms with van der Waals surface area (Å²) in [5.74, 6) is 0.854. The smallest absolute Gasteiger partial charge is 0.118 e. The number of ether oxygens (including phenoxy) is 1. The number of hydrogen-bond donors (Lipinski definition) is 1. The van der Waals surface area contributed by atoms with Crippen LogP contribution in [0.4, 0.5) is 0 Å². The molecule has 1 aromatic carbocycles. The van der Waals surface area contributed by atoms with Gasteiger partial charge in [-0.25, -0.2) is 0 Å². The van der Waals surface area contributed by atoms with Crippen LogP contribution in [0.5, 0.6) is 5.75 Å². The summed E-state index contributed by atoms with van der Waals surface area (Å²) < 4.78 is 5.10. The third kappa shape index (κ3) is 4.75. The van der Waals surface area contributed by atoms with Crippen LogP contribution in [0.15, 0.2) is 24.3 Å². The standard InChI is InChI=1S/C14H23NO2/c1-4-15(5-2)11-13(16)10-12-6-8-14(17-3)9-7-12/h6-9,13,16H,4-5,10-11H2,1-3H3/t13-/m0/s1. The highest BCUT2D eigenvalue weighted by Crippen LogP contribution is 2.13. The molecule has 3 nitrogen and oxygen atoms in total. The van der Waals surface area contributed by atoms with Gasteiger partial charge in [0.1, 0.15) is 5.75 Å². The highest BCUT2D eigenvalue weighted by atomic mass is 16.5. The van der Waals surface area contributed by atoms with Crippen LogP contribution >= 0.6 is 0 Å². The van der Waals surface area contributed by atoms with Gasteiger partial charge in [-0.05, 0) is 37.2 Å². The molecular formula is C14H23NO2. The normalized spacial score (nSPS) is 12.8. The fourth-order valence-electron chi connectivity index (χ4n) is 1.88. The van der Waals surface area contributed by atoms with E-state index in [1.165, 1.54) is 0 Å². The van der Waals surface area contributed by atoms with Gasteiger partial charge in [0.15, 0.2) is 0 Å². The molecule has 0 saturated carbocycles. The summed E-state index contributed by atoms with van der Waals surface area (Å²) >= 11 is 0. The Kier molecular flexibility index (Phi) is 6.01. The van der Waals surface area contributed by atoms with E-state index in [9.17, 15) is 5.11 Å². The minimum absolute atomic E-state index is 0.303. The Hall–Kier alpha value is -1.06. The monoisotopic (exact) mass is 237 g/mol. The molecule has 0 fully saturated rings. The zero-order valence-corrected chi connectivity index (χ0v) is 11.0. The van der Waals surface area contributed by atoms with Crippen LogP contribution in [-0.2, 0) is 6.42 Å². The van der Waals surface area contributed by atoms with Crippen molar-refractivity contribution in [1.29, 1.82) is 0 Å². The summed E-state index contributed by atoms with van der Waals surface area (Å²) in [6, 6.07) is 7.87. The lowest BCUT2D eigenvalue weighted by molar-refractivity contribution is 0.118. The lowest BCUT2D eigenvalue weighted by Gasteiger charge is -2.21. The topological polar surface area (TPSA) is 32.7 Å². The zero-order chi connectivity index (χ0) is 12.7. The zero-order valence-electron chi connectivity index (χ0n) is 11.0. The molecule has 1 rings (SSSR count). The molecule has 0 aliphatic heterocycles. The van der Waals surface area contributed by atoms with Gasteiger partial charge in [0, 0.05) is 6.54 Å². The van der Waals surface area contributed by atoms with Crippen molar-refractivity contribution in [1.82, 2.24) is 4.90 Å². The van der Waals surface area contributed by atoms with Crippen LogP contribution in [0.3, 0.4) is 0 Å². The fraction of sp³-hybridized carbons (Fsp3) is 0.571. The number of benzene rings is 1. The first-order chi connectivity index (χ1) is 8.19. The van der Waals surface area contributed by atoms with E-state index in [0.717, 1.165) is 30.9 Å². The van der Waals surface area contributed by atoms with E-state index in [-0.39, 0.29) is 6.10 Å². The Morgan fingerprint density at radius 2 is 1.76 bits per heavy atom. The Morgan fingerprint density at radius 3 is 2.24 bits per heavy atom. The Bertz CT molecular complexity index is 307. The molecule has 0 unspecified atom stereocenters. The van der Waals surface area contributed by atoms with Crippen molar-refractivity contribution in [3.8, 4) is 5.75 Å². The SMILES string of the molecule is CCN(CC)C[C@@H](O)Cc1ccc(OC)cc1. The maximum Gasteiger partial charge on any atom is 0.118 e. The minimum Gasteiger partial charge on any atom is -0.497 e. The molecule has 0 spiro atoms. The summed E-state index contributed by atoms with van der Waals surface area (Å²) in [4.78, 5) is 2.23. The lowest BCUT2D eigenvalue weighted by atomic mass is 10.1. The van der Waals surface area contributed by atoms with Crippen LogP contribution in [0.1, 0.15) is 19.4 Å². The maximum absolute atomic E-state index is 9.99. The average Bonchev–Trinajstić information content (AvgIpc) is 2.37. The van der Waals surface area contributed by atoms with Crippen molar-refractivity contribution >= 4 is 0 Å². The van der Waals surface area contributed by atoms with Crippen LogP contribution < -0.4 is 4.74 Å². The van der Waals surface area contributed by atoms with E-state index in [1.807, 2.05) is 24.3 Å². The molecule has 0 aromatic heterocycles. The third-order valence-electron chi connectivity index (χ3n) is 2.99. The molecule has 0 bridgehead atoms. The molecule has 1 atom stereocenters. The molecule has 3 heteroatoms. The van der Waals surface area contributed by atoms with Gasteiger partial charge in [0.25, 0.3) is 0 Å². The van der Waals surface area contributed by atoms with Crippen molar-refractivity contribution in [2.75, 3.05) is 26.7 Å². The van der Waals surface area contributed by atoms with Crippen LogP contribution in [0.25, 0.3) is 0 Å². The fourth-order valence-corrected chi connectivity index (χ4v) is 1.88. The van der Waals surface area contributed by atoms with Gasteiger partial charge in [-0.2, -0.15) is 0 Å². The maximum atomic E-state index is 9.99. The summed E-state index contributed by atoms with van der Waals surface area (Å²) in [7, 11) is 1.66. The van der Waals surface area contributed by atoms with E-state index in [2.05, 4.69) is 18.7 Å². The molecule has 0 heterocycles. The number of aliphatic hydroxyl groups excluding tert-OH is 1. The van der Waals surface area contributed by atoms with E-state index in [0.29, 0.717) is 6.42 Å². The minimum atomic E-state index is -0.303. The Labute approximate surface area is 104 Å². The molecule has 0 aliphatic carbocycles. The van der Waals surface area contributed by atoms with Crippen molar-refractivity contribution in [2.45, 2.75) is 26.4 Å². The van der Waals surface area contributed by atoms with Crippen molar-refractivity contribution in [3.63, 3.8) is 0 Å². The van der Waals surface area contributed by atoms with Gasteiger partial charge in [-0.3, -0.25) is 0 Å². The number of methoxy groups -OCH3 is 1. The number of hydrogen-bond acceptors (Lipinski definition) is 3. The highest BCUT2D eigenvalue weighted by molar-refractivity contribution is 5.27. The third-order valence-corrected chi connectivity index (χ3v) is 2.99. The van der Waals surface area contributed by atoms with Crippen molar-refractivity contribution in [2.24, 2.45) is 0 Å². The van der Waals surface area contributed by atoms with Crippen LogP contribution in [-0.4, -0.2) is 42.9 Å². The van der Waals surface area contributed by atoms with Gasteiger partial charge in [-0.15, -0.1) is 0 Å². The van der Waals surface area contributed by atoms with E-state index in [1.54, 1.807) is 7.11 Å². The largest absolute Gasteiger partial charge is 0.497 e. The molecule has 1 N–H and O–H groups in total. The second kappa shape index (κ2) is 7.30. The van der Waals surface area contributed by atoms with E-state index in [4.69, 9.17) is 4.74 Å². The summed E-state index contributed by atoms with van der Waals surface area (Å²) in [5, 5.41) is 9.99. The lowest BCUT2D eigenvalue weighted by Crippen LogP contribution is -2.33. The summed E-state index contributed by atoms with van der Waals surface area (Å²) in [6.45, 7) is 6.93. The summed E-state index contributed by atoms with van der Waals surface area (Å²) in [5.41, 5.74) is 1.14. The molecule has 17 heavy (non-hydrogen) atoms. The van der Waals surface area contributed by atoms with Crippen LogP contribution in [0, 0.1) is 0 Å². The number of likely N-dealkylation sites (N-methyl/N-ethyl adjacent to an activating group) is 1. The molecule has 0 aliphatic rings. The first kappa shape index (κ1) is 14.0. The van der Waals surface area contributed by atoms with Crippen LogP contribution in [0.2, 0.25) is 0 Å². The Morgan fingerprint density at radius 1 is 1.18 bits per heavy atom.